The Bertz CT molecular complexity index is 1360. The number of carbonyl (C=O) groups is 2. The minimum atomic E-state index is -0.945. The fourth-order valence-electron chi connectivity index (χ4n) is 4.38. The van der Waals surface area contributed by atoms with E-state index in [1.165, 1.54) is 14.2 Å². The van der Waals surface area contributed by atoms with E-state index in [9.17, 15) is 9.59 Å². The number of benzene rings is 2. The fourth-order valence-corrected chi connectivity index (χ4v) is 4.38. The molecule has 1 aliphatic carbocycles. The van der Waals surface area contributed by atoms with E-state index in [4.69, 9.17) is 13.9 Å². The van der Waals surface area contributed by atoms with Gasteiger partial charge in [-0.1, -0.05) is 29.5 Å². The van der Waals surface area contributed by atoms with Gasteiger partial charge in [0.25, 0.3) is 0 Å². The number of nitrogens with one attached hydrogen (secondary N) is 1. The molecule has 10 nitrogen and oxygen atoms in total. The first kappa shape index (κ1) is 23.4. The molecular formula is C26H27N5O5. The van der Waals surface area contributed by atoms with Crippen LogP contribution >= 0.6 is 0 Å². The molecular weight excluding hydrogens is 462 g/mol. The second-order valence-corrected chi connectivity index (χ2v) is 8.55. The smallest absolute Gasteiger partial charge is 0.247 e. The molecule has 2 amide bonds. The van der Waals surface area contributed by atoms with E-state index < -0.39 is 6.04 Å². The summed E-state index contributed by atoms with van der Waals surface area (Å²) in [5.74, 6) is 0.906. The molecule has 5 rings (SSSR count). The van der Waals surface area contributed by atoms with Crippen LogP contribution in [0.25, 0.3) is 11.0 Å². The van der Waals surface area contributed by atoms with Crippen LogP contribution < -0.4 is 14.8 Å². The Kier molecular flexibility index (Phi) is 6.57. The molecule has 0 unspecified atom stereocenters. The lowest BCUT2D eigenvalue weighted by Gasteiger charge is -2.32. The van der Waals surface area contributed by atoms with E-state index in [0.29, 0.717) is 28.3 Å². The minimum absolute atomic E-state index is 0.0503. The van der Waals surface area contributed by atoms with Crippen molar-refractivity contribution < 1.29 is 23.5 Å². The Morgan fingerprint density at radius 1 is 1.11 bits per heavy atom. The van der Waals surface area contributed by atoms with Crippen LogP contribution in [0.4, 0.5) is 0 Å². The van der Waals surface area contributed by atoms with E-state index in [-0.39, 0.29) is 30.9 Å². The van der Waals surface area contributed by atoms with Crippen LogP contribution in [-0.2, 0) is 22.7 Å². The first-order valence-electron chi connectivity index (χ1n) is 11.7. The number of rotatable bonds is 10. The van der Waals surface area contributed by atoms with Crippen molar-refractivity contribution in [2.45, 2.75) is 38.0 Å². The molecule has 1 N–H and O–H groups in total. The lowest BCUT2D eigenvalue weighted by Crippen LogP contribution is -2.46. The summed E-state index contributed by atoms with van der Waals surface area (Å²) in [4.78, 5) is 29.2. The van der Waals surface area contributed by atoms with Crippen molar-refractivity contribution in [2.24, 2.45) is 0 Å². The highest BCUT2D eigenvalue weighted by Gasteiger charge is 2.43. The maximum atomic E-state index is 13.8. The lowest BCUT2D eigenvalue weighted by atomic mass is 10.0. The molecule has 1 fully saturated rings. The number of furan rings is 1. The summed E-state index contributed by atoms with van der Waals surface area (Å²) in [6.07, 6.45) is 3.16. The highest BCUT2D eigenvalue weighted by Crippen LogP contribution is 2.41. The molecule has 0 saturated heterocycles. The van der Waals surface area contributed by atoms with Crippen LogP contribution in [0.15, 0.2) is 65.3 Å². The van der Waals surface area contributed by atoms with Gasteiger partial charge in [-0.05, 0) is 43.2 Å². The highest BCUT2D eigenvalue weighted by molar-refractivity contribution is 5.90. The third-order valence-corrected chi connectivity index (χ3v) is 6.20. The summed E-state index contributed by atoms with van der Waals surface area (Å²) in [5, 5.41) is 11.2. The molecule has 186 valence electrons. The standard InChI is InChI=1S/C26H27N5O5/c1-34-22-11-5-8-19(25(22)35-2)24(26(33)27-15-18-7-6-14-36-18)31(17-12-13-17)23(32)16-30-21-10-4-3-9-20(21)28-29-30/h3-11,14,17,24H,12-13,15-16H2,1-2H3,(H,27,33)/t24-/m1/s1. The minimum Gasteiger partial charge on any atom is -0.493 e. The van der Waals surface area contributed by atoms with Crippen LogP contribution in [0, 0.1) is 0 Å². The number of hydrogen-bond donors (Lipinski definition) is 1. The Morgan fingerprint density at radius 2 is 1.94 bits per heavy atom. The molecule has 1 atom stereocenters. The number of aromatic nitrogens is 3. The molecule has 2 aromatic carbocycles. The quantitative estimate of drug-likeness (QED) is 0.364. The number of fused-ring (bicyclic) bond motifs is 1. The van der Waals surface area contributed by atoms with Gasteiger partial charge in [0.2, 0.25) is 11.8 Å². The lowest BCUT2D eigenvalue weighted by molar-refractivity contribution is -0.142. The Balaban J connectivity index is 1.51. The molecule has 2 aromatic heterocycles. The topological polar surface area (TPSA) is 112 Å². The van der Waals surface area contributed by atoms with Gasteiger partial charge in [-0.3, -0.25) is 9.59 Å². The van der Waals surface area contributed by atoms with Crippen LogP contribution in [-0.4, -0.2) is 52.0 Å². The summed E-state index contributed by atoms with van der Waals surface area (Å²) in [6.45, 7) is 0.139. The molecule has 0 bridgehead atoms. The fraction of sp³-hybridized carbons (Fsp3) is 0.308. The van der Waals surface area contributed by atoms with E-state index in [2.05, 4.69) is 15.6 Å². The first-order valence-corrected chi connectivity index (χ1v) is 11.7. The zero-order valence-corrected chi connectivity index (χ0v) is 20.1. The molecule has 0 radical (unpaired) electrons. The van der Waals surface area contributed by atoms with Crippen LogP contribution in [0.1, 0.15) is 30.2 Å². The molecule has 10 heteroatoms. The van der Waals surface area contributed by atoms with Crippen molar-refractivity contribution >= 4 is 22.8 Å². The normalized spacial score (nSPS) is 13.8. The van der Waals surface area contributed by atoms with Gasteiger partial charge in [-0.25, -0.2) is 4.68 Å². The number of ether oxygens (including phenoxy) is 2. The molecule has 1 saturated carbocycles. The Labute approximate surface area is 207 Å². The summed E-state index contributed by atoms with van der Waals surface area (Å²) < 4.78 is 18.1. The largest absolute Gasteiger partial charge is 0.493 e. The highest BCUT2D eigenvalue weighted by atomic mass is 16.5. The molecule has 36 heavy (non-hydrogen) atoms. The van der Waals surface area contributed by atoms with Gasteiger partial charge in [0, 0.05) is 11.6 Å². The van der Waals surface area contributed by atoms with E-state index >= 15 is 0 Å². The van der Waals surface area contributed by atoms with Crippen molar-refractivity contribution in [1.29, 1.82) is 0 Å². The van der Waals surface area contributed by atoms with Crippen LogP contribution in [0.3, 0.4) is 0 Å². The van der Waals surface area contributed by atoms with Crippen LogP contribution in [0.5, 0.6) is 11.5 Å². The maximum absolute atomic E-state index is 13.8. The Hall–Kier alpha value is -4.34. The monoisotopic (exact) mass is 489 g/mol. The van der Waals surface area contributed by atoms with Gasteiger partial charge in [-0.15, -0.1) is 5.10 Å². The van der Waals surface area contributed by atoms with Crippen molar-refractivity contribution in [2.75, 3.05) is 14.2 Å². The maximum Gasteiger partial charge on any atom is 0.247 e. The predicted octanol–water partition coefficient (Wildman–Crippen LogP) is 3.09. The van der Waals surface area contributed by atoms with Gasteiger partial charge in [0.1, 0.15) is 23.9 Å². The van der Waals surface area contributed by atoms with Crippen molar-refractivity contribution in [3.8, 4) is 11.5 Å². The summed E-state index contributed by atoms with van der Waals surface area (Å²) in [5.41, 5.74) is 1.99. The van der Waals surface area contributed by atoms with Crippen molar-refractivity contribution in [3.63, 3.8) is 0 Å². The number of carbonyl (C=O) groups excluding carboxylic acids is 2. The van der Waals surface area contributed by atoms with E-state index in [1.54, 1.807) is 46.2 Å². The summed E-state index contributed by atoms with van der Waals surface area (Å²) in [7, 11) is 3.05. The van der Waals surface area contributed by atoms with Crippen molar-refractivity contribution in [3.05, 3.63) is 72.2 Å². The number of amides is 2. The van der Waals surface area contributed by atoms with E-state index in [0.717, 1.165) is 18.4 Å². The second-order valence-electron chi connectivity index (χ2n) is 8.55. The van der Waals surface area contributed by atoms with Gasteiger partial charge in [0.15, 0.2) is 11.5 Å². The molecule has 0 spiro atoms. The predicted molar refractivity (Wildman–Crippen MR) is 130 cm³/mol. The third-order valence-electron chi connectivity index (χ3n) is 6.20. The second kappa shape index (κ2) is 10.1. The van der Waals surface area contributed by atoms with Crippen LogP contribution in [0.2, 0.25) is 0 Å². The van der Waals surface area contributed by atoms with E-state index in [1.807, 2.05) is 24.3 Å². The summed E-state index contributed by atoms with van der Waals surface area (Å²) >= 11 is 0. The van der Waals surface area contributed by atoms with Gasteiger partial charge < -0.3 is 24.1 Å². The Morgan fingerprint density at radius 3 is 2.67 bits per heavy atom. The molecule has 2 heterocycles. The third kappa shape index (κ3) is 4.61. The van der Waals surface area contributed by atoms with Gasteiger partial charge >= 0.3 is 0 Å². The zero-order valence-electron chi connectivity index (χ0n) is 20.1. The number of para-hydroxylation sites is 2. The molecule has 4 aromatic rings. The number of nitrogens with zero attached hydrogens (tertiary/aromatic N) is 4. The first-order chi connectivity index (χ1) is 17.6. The van der Waals surface area contributed by atoms with Gasteiger partial charge in [0.05, 0.1) is 32.5 Å². The molecule has 1 aliphatic rings. The average molecular weight is 490 g/mol. The average Bonchev–Trinajstić information content (AvgIpc) is 3.44. The SMILES string of the molecule is COc1cccc([C@H](C(=O)NCc2ccco2)N(C(=O)Cn2nnc3ccccc32)C2CC2)c1OC. The number of methoxy groups -OCH3 is 2. The molecule has 0 aliphatic heterocycles. The number of hydrogen-bond acceptors (Lipinski definition) is 7. The zero-order chi connectivity index (χ0) is 25.1. The summed E-state index contributed by atoms with van der Waals surface area (Å²) in [6, 6.07) is 15.3. The van der Waals surface area contributed by atoms with Crippen molar-refractivity contribution in [1.82, 2.24) is 25.2 Å². The van der Waals surface area contributed by atoms with Gasteiger partial charge in [-0.2, -0.15) is 0 Å².